The van der Waals surface area contributed by atoms with Gasteiger partial charge in [0.15, 0.2) is 37.2 Å². The van der Waals surface area contributed by atoms with Gasteiger partial charge in [-0.3, -0.25) is 0 Å². The van der Waals surface area contributed by atoms with Gasteiger partial charge in [-0.1, -0.05) is 27.7 Å². The van der Waals surface area contributed by atoms with Crippen molar-refractivity contribution < 1.29 is 133 Å². The molecule has 84 heavy (non-hydrogen) atoms. The molecule has 10 fully saturated rings. The largest absolute Gasteiger partial charge is 0.394 e. The molecule has 10 aliphatic rings. The van der Waals surface area contributed by atoms with Crippen LogP contribution in [0.3, 0.4) is 0 Å². The molecule has 0 radical (unpaired) electrons. The Bertz CT molecular complexity index is 2140. The van der Waals surface area contributed by atoms with Gasteiger partial charge in [0, 0.05) is 19.4 Å². The van der Waals surface area contributed by atoms with Crippen LogP contribution in [0.15, 0.2) is 0 Å². The Hall–Kier alpha value is -1.08. The number of fused-ring (bicyclic) bond motifs is 7. The Morgan fingerprint density at radius 2 is 1.14 bits per heavy atom. The standard InChI is InChI=1S/C57H96O27/c1-22(20-74-50-43(69)41(67)38(64)32(17-58)78-50)9-14-57(73-6)23(2)35-31(84-57)16-29-27-8-7-25-15-26(10-12-55(25,4)28(27)11-13-56(29,35)5)77-54-49(83-52-44(70)40(66)36(62)24(3)76-52)45(71)47(34(19-60)80-54)81-53-46(72)48(39(65)33(18-59)79-53)82-51-42(68)37(63)30(61)21-75-51/h22-54,58-72H,7-21H2,1-6H3. The van der Waals surface area contributed by atoms with Crippen molar-refractivity contribution >= 4 is 0 Å². The Kier molecular flexibility index (Phi) is 20.6. The molecule has 0 spiro atoms. The van der Waals surface area contributed by atoms with E-state index in [1.54, 1.807) is 7.11 Å². The first-order valence-electron chi connectivity index (χ1n) is 30.5. The number of hydrogen-bond acceptors (Lipinski definition) is 27. The third-order valence-electron chi connectivity index (χ3n) is 22.1. The molecule has 486 valence electrons. The smallest absolute Gasteiger partial charge is 0.187 e. The molecule has 4 saturated carbocycles. The topological polar surface area (TPSA) is 414 Å². The molecule has 27 nitrogen and oxygen atoms in total. The van der Waals surface area contributed by atoms with Gasteiger partial charge < -0.3 is 133 Å². The maximum absolute atomic E-state index is 12.4. The minimum atomic E-state index is -1.95. The Morgan fingerprint density at radius 1 is 0.536 bits per heavy atom. The summed E-state index contributed by atoms with van der Waals surface area (Å²) in [6.45, 7) is 8.17. The fraction of sp³-hybridized carbons (Fsp3) is 1.00. The minimum absolute atomic E-state index is 0.00905. The van der Waals surface area contributed by atoms with E-state index in [9.17, 15) is 76.6 Å². The SMILES string of the molecule is COC1(CCC(C)COC2OC(CO)C(O)C(O)C2O)OC2CC3C4CCC5CC(OC6OC(CO)C(OC7OC(CO)C(O)C(OC8OCC(O)C(O)C8O)C7O)C(O)C6OC6OC(C)C(O)C(O)C6O)CCC5(C)C4CCC3(C)C2C1C. The highest BCUT2D eigenvalue weighted by Gasteiger charge is 2.69. The van der Waals surface area contributed by atoms with Crippen LogP contribution in [0, 0.1) is 52.3 Å². The summed E-state index contributed by atoms with van der Waals surface area (Å²) in [4.78, 5) is 0. The summed E-state index contributed by atoms with van der Waals surface area (Å²) in [5.41, 5.74) is -0.0270. The average Bonchev–Trinajstić information content (AvgIpc) is 1.56. The Morgan fingerprint density at radius 3 is 1.85 bits per heavy atom. The molecule has 6 heterocycles. The lowest BCUT2D eigenvalue weighted by Gasteiger charge is -2.61. The second-order valence-corrected chi connectivity index (χ2v) is 26.8. The molecule has 0 aromatic heterocycles. The molecule has 6 aliphatic heterocycles. The molecule has 36 atom stereocenters. The zero-order valence-electron chi connectivity index (χ0n) is 48.8. The van der Waals surface area contributed by atoms with Crippen molar-refractivity contribution in [1.29, 1.82) is 0 Å². The molecule has 0 amide bonds. The van der Waals surface area contributed by atoms with Crippen LogP contribution in [0.1, 0.15) is 98.8 Å². The van der Waals surface area contributed by atoms with Crippen LogP contribution in [0.4, 0.5) is 0 Å². The van der Waals surface area contributed by atoms with Gasteiger partial charge in [0.25, 0.3) is 0 Å². The summed E-state index contributed by atoms with van der Waals surface area (Å²) in [5, 5.41) is 160. The van der Waals surface area contributed by atoms with Crippen LogP contribution in [-0.4, -0.2) is 282 Å². The van der Waals surface area contributed by atoms with Gasteiger partial charge in [-0.25, -0.2) is 0 Å². The second kappa shape index (κ2) is 26.3. The molecule has 0 bridgehead atoms. The lowest BCUT2D eigenvalue weighted by atomic mass is 9.44. The number of ether oxygens (including phenoxy) is 12. The number of aliphatic hydroxyl groups excluding tert-OH is 15. The lowest BCUT2D eigenvalue weighted by Crippen LogP contribution is -2.67. The molecule has 0 aromatic carbocycles. The molecule has 4 aliphatic carbocycles. The van der Waals surface area contributed by atoms with Gasteiger partial charge in [0.1, 0.15) is 110 Å². The van der Waals surface area contributed by atoms with Crippen molar-refractivity contribution in [3.63, 3.8) is 0 Å². The quantitative estimate of drug-likeness (QED) is 0.0585. The first-order chi connectivity index (χ1) is 39.8. The van der Waals surface area contributed by atoms with E-state index in [1.165, 1.54) is 6.92 Å². The van der Waals surface area contributed by atoms with E-state index in [2.05, 4.69) is 20.8 Å². The number of hydrogen-bond donors (Lipinski definition) is 15. The minimum Gasteiger partial charge on any atom is -0.394 e. The Balaban J connectivity index is 0.792. The summed E-state index contributed by atoms with van der Waals surface area (Å²) in [7, 11) is 1.71. The average molecular weight is 1210 g/mol. The van der Waals surface area contributed by atoms with Gasteiger partial charge in [-0.2, -0.15) is 0 Å². The van der Waals surface area contributed by atoms with Crippen LogP contribution < -0.4 is 0 Å². The van der Waals surface area contributed by atoms with E-state index >= 15 is 0 Å². The highest BCUT2D eigenvalue weighted by Crippen LogP contribution is 2.71. The zero-order chi connectivity index (χ0) is 60.6. The normalized spacial score (nSPS) is 55.4. The van der Waals surface area contributed by atoms with Crippen LogP contribution in [-0.2, 0) is 56.8 Å². The summed E-state index contributed by atoms with van der Waals surface area (Å²) < 4.78 is 73.2. The van der Waals surface area contributed by atoms with Crippen molar-refractivity contribution in [2.24, 2.45) is 52.3 Å². The summed E-state index contributed by atoms with van der Waals surface area (Å²) >= 11 is 0. The van der Waals surface area contributed by atoms with Crippen molar-refractivity contribution in [2.75, 3.05) is 40.1 Å². The highest BCUT2D eigenvalue weighted by molar-refractivity contribution is 5.15. The van der Waals surface area contributed by atoms with Gasteiger partial charge in [-0.15, -0.1) is 0 Å². The molecular formula is C57H96O27. The van der Waals surface area contributed by atoms with Gasteiger partial charge in [-0.05, 0) is 111 Å². The predicted molar refractivity (Wildman–Crippen MR) is 282 cm³/mol. The van der Waals surface area contributed by atoms with Crippen LogP contribution >= 0.6 is 0 Å². The summed E-state index contributed by atoms with van der Waals surface area (Å²) in [6.07, 6.45) is -30.0. The highest BCUT2D eigenvalue weighted by atomic mass is 16.8. The van der Waals surface area contributed by atoms with Crippen molar-refractivity contribution in [1.82, 2.24) is 0 Å². The maximum atomic E-state index is 12.4. The van der Waals surface area contributed by atoms with Crippen LogP contribution in [0.2, 0.25) is 0 Å². The fourth-order valence-electron chi connectivity index (χ4n) is 17.1. The van der Waals surface area contributed by atoms with E-state index < -0.39 is 186 Å². The fourth-order valence-corrected chi connectivity index (χ4v) is 17.1. The van der Waals surface area contributed by atoms with E-state index in [4.69, 9.17) is 56.8 Å². The monoisotopic (exact) mass is 1210 g/mol. The maximum Gasteiger partial charge on any atom is 0.187 e. The predicted octanol–water partition coefficient (Wildman–Crippen LogP) is -3.81. The van der Waals surface area contributed by atoms with Gasteiger partial charge >= 0.3 is 0 Å². The first-order valence-corrected chi connectivity index (χ1v) is 30.5. The van der Waals surface area contributed by atoms with Crippen molar-refractivity contribution in [3.05, 3.63) is 0 Å². The van der Waals surface area contributed by atoms with Crippen molar-refractivity contribution in [3.8, 4) is 0 Å². The number of rotatable bonds is 18. The molecule has 10 rings (SSSR count). The van der Waals surface area contributed by atoms with E-state index in [0.29, 0.717) is 43.4 Å². The third-order valence-corrected chi connectivity index (χ3v) is 22.1. The Labute approximate surface area is 488 Å². The van der Waals surface area contributed by atoms with Gasteiger partial charge in [0.05, 0.1) is 51.3 Å². The molecule has 0 aromatic rings. The van der Waals surface area contributed by atoms with E-state index in [-0.39, 0.29) is 47.2 Å². The molecule has 15 N–H and O–H groups in total. The summed E-state index contributed by atoms with van der Waals surface area (Å²) in [6, 6.07) is 0. The van der Waals surface area contributed by atoms with Crippen molar-refractivity contribution in [2.45, 2.75) is 264 Å². The second-order valence-electron chi connectivity index (χ2n) is 26.8. The van der Waals surface area contributed by atoms with E-state index in [1.807, 2.05) is 6.92 Å². The molecular weight excluding hydrogens is 1120 g/mol. The third kappa shape index (κ3) is 12.0. The summed E-state index contributed by atoms with van der Waals surface area (Å²) in [5.74, 6) is 1.11. The molecule has 27 heteroatoms. The lowest BCUT2D eigenvalue weighted by molar-refractivity contribution is -0.395. The molecule has 36 unspecified atom stereocenters. The zero-order valence-corrected chi connectivity index (χ0v) is 48.8. The van der Waals surface area contributed by atoms with Crippen LogP contribution in [0.5, 0.6) is 0 Å². The molecule has 6 saturated heterocycles. The van der Waals surface area contributed by atoms with E-state index in [0.717, 1.165) is 38.5 Å². The van der Waals surface area contributed by atoms with Crippen LogP contribution in [0.25, 0.3) is 0 Å². The first kappa shape index (κ1) is 65.9. The number of methoxy groups -OCH3 is 1. The van der Waals surface area contributed by atoms with Gasteiger partial charge in [0.2, 0.25) is 0 Å². The number of aliphatic hydroxyl groups is 15.